The molecule has 1 atom stereocenters. The lowest BCUT2D eigenvalue weighted by molar-refractivity contribution is 0.517. The van der Waals surface area contributed by atoms with Crippen molar-refractivity contribution in [1.29, 1.82) is 0 Å². The molecule has 1 aliphatic heterocycles. The van der Waals surface area contributed by atoms with Crippen molar-refractivity contribution in [1.82, 2.24) is 15.3 Å². The Labute approximate surface area is 102 Å². The molecule has 1 saturated heterocycles. The van der Waals surface area contributed by atoms with Crippen LogP contribution in [0.4, 0.5) is 0 Å². The molecular weight excluding hydrogens is 246 g/mol. The van der Waals surface area contributed by atoms with E-state index in [9.17, 15) is 4.21 Å². The van der Waals surface area contributed by atoms with Gasteiger partial charge < -0.3 is 5.32 Å². The predicted octanol–water partition coefficient (Wildman–Crippen LogP) is 1.30. The van der Waals surface area contributed by atoms with Crippen LogP contribution in [-0.4, -0.2) is 32.5 Å². The Bertz CT molecular complexity index is 407. The fourth-order valence-electron chi connectivity index (χ4n) is 1.66. The van der Waals surface area contributed by atoms with Gasteiger partial charge in [-0.15, -0.1) is 0 Å². The van der Waals surface area contributed by atoms with Crippen LogP contribution in [0.1, 0.15) is 18.4 Å². The molecule has 0 radical (unpaired) electrons. The lowest BCUT2D eigenvalue weighted by Crippen LogP contribution is -2.33. The normalized spacial score (nSPS) is 19.6. The molecule has 0 amide bonds. The maximum atomic E-state index is 12.2. The minimum absolute atomic E-state index is 0.153. The van der Waals surface area contributed by atoms with Crippen molar-refractivity contribution < 1.29 is 4.21 Å². The van der Waals surface area contributed by atoms with Crippen LogP contribution in [0.25, 0.3) is 0 Å². The fourth-order valence-corrected chi connectivity index (χ4v) is 3.14. The molecular formula is C10H14ClN3OS. The van der Waals surface area contributed by atoms with Crippen molar-refractivity contribution in [2.75, 3.05) is 13.1 Å². The number of hydrogen-bond donors (Lipinski definition) is 1. The van der Waals surface area contributed by atoms with Crippen LogP contribution in [0.15, 0.2) is 11.4 Å². The van der Waals surface area contributed by atoms with E-state index in [2.05, 4.69) is 15.3 Å². The van der Waals surface area contributed by atoms with E-state index in [4.69, 9.17) is 11.6 Å². The summed E-state index contributed by atoms with van der Waals surface area (Å²) in [5.41, 5.74) is 0.813. The molecule has 4 nitrogen and oxygen atoms in total. The zero-order chi connectivity index (χ0) is 11.5. The lowest BCUT2D eigenvalue weighted by Gasteiger charge is -2.21. The van der Waals surface area contributed by atoms with Gasteiger partial charge in [0, 0.05) is 17.0 Å². The lowest BCUT2D eigenvalue weighted by atomic mass is 10.2. The van der Waals surface area contributed by atoms with Crippen LogP contribution in [0.3, 0.4) is 0 Å². The summed E-state index contributed by atoms with van der Waals surface area (Å²) >= 11 is 5.90. The van der Waals surface area contributed by atoms with Crippen molar-refractivity contribution in [3.05, 3.63) is 16.9 Å². The Morgan fingerprint density at radius 2 is 2.19 bits per heavy atom. The summed E-state index contributed by atoms with van der Waals surface area (Å²) in [7, 11) is -1.14. The molecule has 88 valence electrons. The zero-order valence-corrected chi connectivity index (χ0v) is 10.6. The summed E-state index contributed by atoms with van der Waals surface area (Å²) in [6.45, 7) is 3.66. The molecule has 6 heteroatoms. The van der Waals surface area contributed by atoms with E-state index in [1.54, 1.807) is 6.20 Å². The van der Waals surface area contributed by atoms with Crippen molar-refractivity contribution in [2.45, 2.75) is 30.2 Å². The van der Waals surface area contributed by atoms with Gasteiger partial charge in [-0.3, -0.25) is 4.21 Å². The first-order valence-corrected chi connectivity index (χ1v) is 6.88. The SMILES string of the molecule is Cc1cnc(S(=O)C2CCNCC2)nc1Cl. The maximum Gasteiger partial charge on any atom is 0.220 e. The summed E-state index contributed by atoms with van der Waals surface area (Å²) in [6, 6.07) is 0. The van der Waals surface area contributed by atoms with Gasteiger partial charge in [-0.05, 0) is 32.9 Å². The van der Waals surface area contributed by atoms with E-state index in [1.165, 1.54) is 0 Å². The third-order valence-corrected chi connectivity index (χ3v) is 4.67. The number of rotatable bonds is 2. The summed E-state index contributed by atoms with van der Waals surface area (Å²) in [5.74, 6) is 0. The Morgan fingerprint density at radius 3 is 2.81 bits per heavy atom. The fraction of sp³-hybridized carbons (Fsp3) is 0.600. The highest BCUT2D eigenvalue weighted by Crippen LogP contribution is 2.18. The molecule has 0 aliphatic carbocycles. The van der Waals surface area contributed by atoms with Crippen LogP contribution >= 0.6 is 11.6 Å². The van der Waals surface area contributed by atoms with Gasteiger partial charge >= 0.3 is 0 Å². The standard InChI is InChI=1S/C10H14ClN3OS/c1-7-6-13-10(14-9(7)11)16(15)8-2-4-12-5-3-8/h6,8,12H,2-5H2,1H3. The van der Waals surface area contributed by atoms with E-state index < -0.39 is 10.8 Å². The van der Waals surface area contributed by atoms with Crippen molar-refractivity contribution in [2.24, 2.45) is 0 Å². The maximum absolute atomic E-state index is 12.2. The van der Waals surface area contributed by atoms with E-state index in [0.29, 0.717) is 10.3 Å². The van der Waals surface area contributed by atoms with Gasteiger partial charge in [0.25, 0.3) is 0 Å². The largest absolute Gasteiger partial charge is 0.317 e. The third kappa shape index (κ3) is 2.59. The van der Waals surface area contributed by atoms with E-state index in [0.717, 1.165) is 31.5 Å². The van der Waals surface area contributed by atoms with Crippen LogP contribution in [0.5, 0.6) is 0 Å². The first-order valence-electron chi connectivity index (χ1n) is 5.29. The van der Waals surface area contributed by atoms with Crippen molar-refractivity contribution in [3.8, 4) is 0 Å². The Hall–Kier alpha value is -0.520. The molecule has 1 aromatic rings. The van der Waals surface area contributed by atoms with Gasteiger partial charge in [0.15, 0.2) is 0 Å². The summed E-state index contributed by atoms with van der Waals surface area (Å²) in [5, 5.41) is 4.15. The van der Waals surface area contributed by atoms with Gasteiger partial charge in [0.1, 0.15) is 5.15 Å². The summed E-state index contributed by atoms with van der Waals surface area (Å²) in [6.07, 6.45) is 3.44. The van der Waals surface area contributed by atoms with Gasteiger partial charge in [0.2, 0.25) is 5.16 Å². The zero-order valence-electron chi connectivity index (χ0n) is 9.07. The number of piperidine rings is 1. The highest BCUT2D eigenvalue weighted by Gasteiger charge is 2.23. The molecule has 1 aliphatic rings. The minimum Gasteiger partial charge on any atom is -0.317 e. The molecule has 0 aromatic carbocycles. The molecule has 16 heavy (non-hydrogen) atoms. The average molecular weight is 260 g/mol. The molecule has 1 unspecified atom stereocenters. The number of aryl methyl sites for hydroxylation is 1. The number of halogens is 1. The quantitative estimate of drug-likeness (QED) is 0.643. The number of nitrogens with one attached hydrogen (secondary N) is 1. The van der Waals surface area contributed by atoms with E-state index in [-0.39, 0.29) is 5.25 Å². The third-order valence-electron chi connectivity index (χ3n) is 2.66. The second-order valence-corrected chi connectivity index (χ2v) is 5.86. The average Bonchev–Trinajstić information content (AvgIpc) is 2.33. The van der Waals surface area contributed by atoms with Gasteiger partial charge in [-0.2, -0.15) is 0 Å². The smallest absolute Gasteiger partial charge is 0.220 e. The second kappa shape index (κ2) is 5.21. The molecule has 2 heterocycles. The monoisotopic (exact) mass is 259 g/mol. The predicted molar refractivity (Wildman–Crippen MR) is 64.1 cm³/mol. The first-order chi connectivity index (χ1) is 7.68. The number of aromatic nitrogens is 2. The minimum atomic E-state index is -1.14. The summed E-state index contributed by atoms with van der Waals surface area (Å²) < 4.78 is 12.2. The molecule has 1 N–H and O–H groups in total. The van der Waals surface area contributed by atoms with Crippen LogP contribution in [0, 0.1) is 6.92 Å². The van der Waals surface area contributed by atoms with Crippen molar-refractivity contribution >= 4 is 22.4 Å². The van der Waals surface area contributed by atoms with Gasteiger partial charge in [0.05, 0.1) is 10.8 Å². The van der Waals surface area contributed by atoms with Crippen LogP contribution in [0.2, 0.25) is 5.15 Å². The van der Waals surface area contributed by atoms with E-state index >= 15 is 0 Å². The molecule has 1 fully saturated rings. The van der Waals surface area contributed by atoms with Crippen molar-refractivity contribution in [3.63, 3.8) is 0 Å². The first kappa shape index (κ1) is 12.0. The highest BCUT2D eigenvalue weighted by molar-refractivity contribution is 7.85. The second-order valence-electron chi connectivity index (χ2n) is 3.87. The summed E-state index contributed by atoms with van der Waals surface area (Å²) in [4.78, 5) is 8.18. The number of hydrogen-bond acceptors (Lipinski definition) is 4. The Kier molecular flexibility index (Phi) is 3.89. The topological polar surface area (TPSA) is 54.9 Å². The van der Waals surface area contributed by atoms with Gasteiger partial charge in [-0.1, -0.05) is 11.6 Å². The molecule has 0 spiro atoms. The molecule has 0 bridgehead atoms. The Morgan fingerprint density at radius 1 is 1.50 bits per heavy atom. The Balaban J connectivity index is 2.16. The number of nitrogens with zero attached hydrogens (tertiary/aromatic N) is 2. The van der Waals surface area contributed by atoms with Crippen LogP contribution < -0.4 is 5.32 Å². The molecule has 2 rings (SSSR count). The molecule has 1 aromatic heterocycles. The van der Waals surface area contributed by atoms with Crippen LogP contribution in [-0.2, 0) is 10.8 Å². The van der Waals surface area contributed by atoms with E-state index in [1.807, 2.05) is 6.92 Å². The molecule has 0 saturated carbocycles. The highest BCUT2D eigenvalue weighted by atomic mass is 35.5. The van der Waals surface area contributed by atoms with Gasteiger partial charge in [-0.25, -0.2) is 9.97 Å².